The van der Waals surface area contributed by atoms with Gasteiger partial charge >= 0.3 is 0 Å². The number of hydrogen-bond acceptors (Lipinski definition) is 5. The van der Waals surface area contributed by atoms with Crippen LogP contribution in [0.4, 0.5) is 0 Å². The lowest BCUT2D eigenvalue weighted by molar-refractivity contribution is -0.0445. The summed E-state index contributed by atoms with van der Waals surface area (Å²) >= 11 is 0. The van der Waals surface area contributed by atoms with Crippen LogP contribution in [0.15, 0.2) is 6.20 Å². The van der Waals surface area contributed by atoms with Gasteiger partial charge in [0.2, 0.25) is 0 Å². The lowest BCUT2D eigenvalue weighted by atomic mass is 9.99. The van der Waals surface area contributed by atoms with Gasteiger partial charge in [0, 0.05) is 51.3 Å². The molecule has 6 nitrogen and oxygen atoms in total. The second kappa shape index (κ2) is 7.55. The number of rotatable bonds is 5. The summed E-state index contributed by atoms with van der Waals surface area (Å²) in [6.45, 7) is 6.64. The summed E-state index contributed by atoms with van der Waals surface area (Å²) in [6.07, 6.45) is 4.38. The van der Waals surface area contributed by atoms with E-state index in [1.807, 2.05) is 6.20 Å². The van der Waals surface area contributed by atoms with Gasteiger partial charge in [-0.2, -0.15) is 0 Å². The van der Waals surface area contributed by atoms with E-state index in [0.29, 0.717) is 0 Å². The third kappa shape index (κ3) is 4.29. The van der Waals surface area contributed by atoms with Crippen LogP contribution in [0.3, 0.4) is 0 Å². The Kier molecular flexibility index (Phi) is 5.46. The zero-order valence-electron chi connectivity index (χ0n) is 13.8. The van der Waals surface area contributed by atoms with E-state index in [9.17, 15) is 0 Å². The Morgan fingerprint density at radius 1 is 1.32 bits per heavy atom. The Hall–Kier alpha value is -0.950. The van der Waals surface area contributed by atoms with E-state index in [2.05, 4.69) is 33.9 Å². The van der Waals surface area contributed by atoms with Crippen molar-refractivity contribution in [1.29, 1.82) is 0 Å². The van der Waals surface area contributed by atoms with Gasteiger partial charge in [0.05, 0.1) is 6.61 Å². The van der Waals surface area contributed by atoms with Crippen LogP contribution in [-0.2, 0) is 16.0 Å². The fraction of sp³-hybridized carbons (Fsp3) is 0.812. The molecule has 0 aromatic carbocycles. The Morgan fingerprint density at radius 2 is 2.14 bits per heavy atom. The summed E-state index contributed by atoms with van der Waals surface area (Å²) in [5, 5.41) is 0. The number of aromatic amines is 1. The number of nitrogens with one attached hydrogen (secondary N) is 1. The molecule has 22 heavy (non-hydrogen) atoms. The quantitative estimate of drug-likeness (QED) is 0.888. The first-order valence-corrected chi connectivity index (χ1v) is 8.31. The van der Waals surface area contributed by atoms with Gasteiger partial charge in [-0.3, -0.25) is 4.90 Å². The largest absolute Gasteiger partial charge is 0.381 e. The normalized spacial score (nSPS) is 25.0. The molecule has 0 bridgehead atoms. The molecule has 0 radical (unpaired) electrons. The second-order valence-corrected chi connectivity index (χ2v) is 6.71. The smallest absolute Gasteiger partial charge is 0.136 e. The summed E-state index contributed by atoms with van der Waals surface area (Å²) in [6, 6.07) is 0. The van der Waals surface area contributed by atoms with Crippen LogP contribution >= 0.6 is 0 Å². The zero-order valence-corrected chi connectivity index (χ0v) is 13.8. The number of ether oxygens (including phenoxy) is 2. The lowest BCUT2D eigenvalue weighted by Crippen LogP contribution is -2.42. The van der Waals surface area contributed by atoms with Crippen molar-refractivity contribution in [1.82, 2.24) is 19.8 Å². The Labute approximate surface area is 132 Å². The van der Waals surface area contributed by atoms with Gasteiger partial charge in [0.1, 0.15) is 11.9 Å². The van der Waals surface area contributed by atoms with Crippen molar-refractivity contribution in [3.63, 3.8) is 0 Å². The number of H-pyrrole nitrogens is 1. The molecule has 0 saturated carbocycles. The van der Waals surface area contributed by atoms with Crippen molar-refractivity contribution in [2.75, 3.05) is 53.6 Å². The highest BCUT2D eigenvalue weighted by atomic mass is 16.5. The summed E-state index contributed by atoms with van der Waals surface area (Å²) in [5.41, 5.74) is 1.14. The van der Waals surface area contributed by atoms with Crippen LogP contribution in [0.2, 0.25) is 0 Å². The molecule has 1 aromatic rings. The predicted molar refractivity (Wildman–Crippen MR) is 84.7 cm³/mol. The van der Waals surface area contributed by atoms with E-state index in [0.717, 1.165) is 63.4 Å². The van der Waals surface area contributed by atoms with Crippen LogP contribution in [0.25, 0.3) is 0 Å². The molecule has 0 amide bonds. The van der Waals surface area contributed by atoms with E-state index in [-0.39, 0.29) is 6.10 Å². The number of morpholine rings is 1. The molecule has 1 unspecified atom stereocenters. The van der Waals surface area contributed by atoms with Crippen LogP contribution < -0.4 is 0 Å². The van der Waals surface area contributed by atoms with Crippen molar-refractivity contribution in [2.24, 2.45) is 5.92 Å². The number of nitrogens with zero attached hydrogens (tertiary/aromatic N) is 3. The molecule has 0 aliphatic carbocycles. The van der Waals surface area contributed by atoms with Gasteiger partial charge in [0.15, 0.2) is 0 Å². The Bertz CT molecular complexity index is 457. The van der Waals surface area contributed by atoms with Crippen molar-refractivity contribution >= 4 is 0 Å². The molecule has 3 rings (SSSR count). The fourth-order valence-corrected chi connectivity index (χ4v) is 3.29. The van der Waals surface area contributed by atoms with Crippen LogP contribution in [-0.4, -0.2) is 73.3 Å². The molecule has 2 saturated heterocycles. The van der Waals surface area contributed by atoms with Crippen molar-refractivity contribution in [3.05, 3.63) is 17.7 Å². The summed E-state index contributed by atoms with van der Waals surface area (Å²) in [4.78, 5) is 12.6. The molecule has 1 N–H and O–H groups in total. The van der Waals surface area contributed by atoms with E-state index in [4.69, 9.17) is 9.47 Å². The highest BCUT2D eigenvalue weighted by Gasteiger charge is 2.26. The molecular formula is C16H28N4O2. The fourth-order valence-electron chi connectivity index (χ4n) is 3.29. The maximum absolute atomic E-state index is 5.93. The van der Waals surface area contributed by atoms with Gasteiger partial charge in [-0.05, 0) is 32.9 Å². The highest BCUT2D eigenvalue weighted by Crippen LogP contribution is 2.23. The van der Waals surface area contributed by atoms with Gasteiger partial charge in [0.25, 0.3) is 0 Å². The van der Waals surface area contributed by atoms with Gasteiger partial charge in [-0.15, -0.1) is 0 Å². The van der Waals surface area contributed by atoms with E-state index < -0.39 is 0 Å². The molecule has 1 atom stereocenters. The minimum absolute atomic E-state index is 0.0736. The van der Waals surface area contributed by atoms with Crippen LogP contribution in [0.1, 0.15) is 30.5 Å². The monoisotopic (exact) mass is 308 g/mol. The Balaban J connectivity index is 1.54. The molecule has 124 valence electrons. The van der Waals surface area contributed by atoms with Crippen LogP contribution in [0, 0.1) is 5.92 Å². The van der Waals surface area contributed by atoms with Crippen molar-refractivity contribution < 1.29 is 9.47 Å². The molecule has 6 heteroatoms. The standard InChI is InChI=1S/C16H28N4O2/c1-19(2)11-14-9-17-16(18-14)15-12-20(5-8-22-15)10-13-3-6-21-7-4-13/h9,13,15H,3-8,10-12H2,1-2H3,(H,17,18). The molecule has 2 aliphatic heterocycles. The first-order chi connectivity index (χ1) is 10.7. The number of imidazole rings is 1. The van der Waals surface area contributed by atoms with Crippen molar-refractivity contribution in [3.8, 4) is 0 Å². The molecule has 0 spiro atoms. The number of aromatic nitrogens is 2. The maximum atomic E-state index is 5.93. The second-order valence-electron chi connectivity index (χ2n) is 6.71. The third-order valence-electron chi connectivity index (χ3n) is 4.45. The molecule has 2 fully saturated rings. The molecule has 2 aliphatic rings. The molecular weight excluding hydrogens is 280 g/mol. The summed E-state index contributed by atoms with van der Waals surface area (Å²) in [5.74, 6) is 1.74. The first kappa shape index (κ1) is 15.9. The average Bonchev–Trinajstić information content (AvgIpc) is 2.96. The molecule has 1 aromatic heterocycles. The Morgan fingerprint density at radius 3 is 2.91 bits per heavy atom. The first-order valence-electron chi connectivity index (χ1n) is 8.31. The van der Waals surface area contributed by atoms with Gasteiger partial charge < -0.3 is 19.4 Å². The van der Waals surface area contributed by atoms with E-state index >= 15 is 0 Å². The van der Waals surface area contributed by atoms with E-state index in [1.165, 1.54) is 12.8 Å². The van der Waals surface area contributed by atoms with Crippen molar-refractivity contribution in [2.45, 2.75) is 25.5 Å². The lowest BCUT2D eigenvalue weighted by Gasteiger charge is -2.35. The molecule has 3 heterocycles. The predicted octanol–water partition coefficient (Wildman–Crippen LogP) is 1.27. The third-order valence-corrected chi connectivity index (χ3v) is 4.45. The van der Waals surface area contributed by atoms with Gasteiger partial charge in [-0.1, -0.05) is 0 Å². The minimum Gasteiger partial charge on any atom is -0.381 e. The number of hydrogen-bond donors (Lipinski definition) is 1. The van der Waals surface area contributed by atoms with Gasteiger partial charge in [-0.25, -0.2) is 4.98 Å². The van der Waals surface area contributed by atoms with E-state index in [1.54, 1.807) is 0 Å². The zero-order chi connectivity index (χ0) is 15.4. The summed E-state index contributed by atoms with van der Waals surface area (Å²) < 4.78 is 11.4. The van der Waals surface area contributed by atoms with Crippen LogP contribution in [0.5, 0.6) is 0 Å². The SMILES string of the molecule is CN(C)Cc1cnc(C2CN(CC3CCOCC3)CCO2)[nH]1. The topological polar surface area (TPSA) is 53.6 Å². The maximum Gasteiger partial charge on any atom is 0.136 e. The highest BCUT2D eigenvalue weighted by molar-refractivity contribution is 5.04. The minimum atomic E-state index is 0.0736. The summed E-state index contributed by atoms with van der Waals surface area (Å²) in [7, 11) is 4.13. The average molecular weight is 308 g/mol.